The fourth-order valence-corrected chi connectivity index (χ4v) is 7.56. The van der Waals surface area contributed by atoms with Crippen molar-refractivity contribution in [2.75, 3.05) is 6.54 Å². The lowest BCUT2D eigenvalue weighted by Gasteiger charge is -2.43. The number of carbonyl (C=O) groups excluding carboxylic acids is 6. The van der Waals surface area contributed by atoms with Crippen molar-refractivity contribution < 1.29 is 33.5 Å². The third-order valence-corrected chi connectivity index (χ3v) is 10.6. The zero-order valence-corrected chi connectivity index (χ0v) is 27.8. The summed E-state index contributed by atoms with van der Waals surface area (Å²) < 4.78 is 5.25. The predicted molar refractivity (Wildman–Crippen MR) is 170 cm³/mol. The standard InChI is InChI=1S/C33H54N6O7/c1-4-12-23(25(40)28(42)35-21-13-14-21)36-27(41)24-19-22(46-30(34)44)20-39(24)29(43)26(32(3)15-8-6-9-16-32)37-31(45)38-33(5-2)17-10-7-11-18-33/h21-24,26H,4-20H2,1-3H3,(H2,34,44)(H,35,42)(H,36,41)(H2,37,38,45)/t22-,23?,24+,26-/m1/s1. The molecule has 4 atom stereocenters. The van der Waals surface area contributed by atoms with Crippen LogP contribution in [0.3, 0.4) is 0 Å². The molecule has 0 aromatic rings. The van der Waals surface area contributed by atoms with Gasteiger partial charge in [-0.15, -0.1) is 0 Å². The molecular weight excluding hydrogens is 592 g/mol. The van der Waals surface area contributed by atoms with E-state index in [-0.39, 0.29) is 31.0 Å². The summed E-state index contributed by atoms with van der Waals surface area (Å²) in [6.07, 6.45) is 10.5. The summed E-state index contributed by atoms with van der Waals surface area (Å²) in [7, 11) is 0. The van der Waals surface area contributed by atoms with Gasteiger partial charge in [-0.25, -0.2) is 9.59 Å². The van der Waals surface area contributed by atoms with E-state index in [1.807, 2.05) is 13.8 Å². The highest BCUT2D eigenvalue weighted by Crippen LogP contribution is 2.40. The molecule has 6 N–H and O–H groups in total. The Hall–Kier alpha value is -3.38. The van der Waals surface area contributed by atoms with Crippen molar-refractivity contribution in [1.82, 2.24) is 26.2 Å². The number of primary amides is 1. The summed E-state index contributed by atoms with van der Waals surface area (Å²) in [6.45, 7) is 5.82. The van der Waals surface area contributed by atoms with Gasteiger partial charge in [0, 0.05) is 18.0 Å². The second-order valence-electron chi connectivity index (χ2n) is 14.2. The van der Waals surface area contributed by atoms with Crippen molar-refractivity contribution >= 4 is 35.6 Å². The molecule has 46 heavy (non-hydrogen) atoms. The maximum absolute atomic E-state index is 14.6. The first kappa shape index (κ1) is 35.5. The number of hydrogen-bond donors (Lipinski definition) is 5. The molecule has 0 aromatic carbocycles. The molecule has 1 heterocycles. The minimum Gasteiger partial charge on any atom is -0.444 e. The minimum atomic E-state index is -1.10. The van der Waals surface area contributed by atoms with Crippen molar-refractivity contribution in [2.45, 2.75) is 159 Å². The van der Waals surface area contributed by atoms with Gasteiger partial charge in [0.15, 0.2) is 0 Å². The number of nitrogens with zero attached hydrogens (tertiary/aromatic N) is 1. The fourth-order valence-electron chi connectivity index (χ4n) is 7.56. The maximum Gasteiger partial charge on any atom is 0.404 e. The van der Waals surface area contributed by atoms with E-state index in [0.29, 0.717) is 6.42 Å². The van der Waals surface area contributed by atoms with Crippen molar-refractivity contribution in [3.05, 3.63) is 0 Å². The second-order valence-corrected chi connectivity index (χ2v) is 14.2. The molecule has 1 aliphatic heterocycles. The first-order chi connectivity index (χ1) is 21.9. The number of ketones is 1. The molecule has 0 bridgehead atoms. The number of rotatable bonds is 13. The normalized spacial score (nSPS) is 25.0. The van der Waals surface area contributed by atoms with E-state index in [0.717, 1.165) is 83.5 Å². The predicted octanol–water partition coefficient (Wildman–Crippen LogP) is 2.93. The molecule has 258 valence electrons. The van der Waals surface area contributed by atoms with Crippen LogP contribution in [0.25, 0.3) is 0 Å². The monoisotopic (exact) mass is 646 g/mol. The lowest BCUT2D eigenvalue weighted by atomic mass is 9.70. The number of likely N-dealkylation sites (tertiary alicyclic amines) is 1. The Kier molecular flexibility index (Phi) is 11.9. The number of ether oxygens (including phenoxy) is 1. The summed E-state index contributed by atoms with van der Waals surface area (Å²) in [5, 5.41) is 11.6. The number of urea groups is 1. The molecule has 0 aromatic heterocycles. The average Bonchev–Trinajstić information content (AvgIpc) is 3.75. The molecule has 0 radical (unpaired) electrons. The van der Waals surface area contributed by atoms with E-state index in [4.69, 9.17) is 10.5 Å². The third kappa shape index (κ3) is 8.90. The molecule has 3 aliphatic carbocycles. The van der Waals surface area contributed by atoms with Gasteiger partial charge in [0.05, 0.1) is 12.6 Å². The van der Waals surface area contributed by atoms with Gasteiger partial charge in [-0.1, -0.05) is 65.7 Å². The molecule has 3 saturated carbocycles. The smallest absolute Gasteiger partial charge is 0.404 e. The highest BCUT2D eigenvalue weighted by Gasteiger charge is 2.49. The van der Waals surface area contributed by atoms with Gasteiger partial charge >= 0.3 is 12.1 Å². The summed E-state index contributed by atoms with van der Waals surface area (Å²) in [4.78, 5) is 80.6. The SMILES string of the molecule is CCCC(NC(=O)[C@@H]1C[C@@H](OC(N)=O)CN1C(=O)[C@@H](NC(=O)NC1(CC)CCCCC1)C1(C)CCCCC1)C(=O)C(=O)NC1CC1. The van der Waals surface area contributed by atoms with Crippen LogP contribution in [-0.2, 0) is 23.9 Å². The summed E-state index contributed by atoms with van der Waals surface area (Å²) in [6, 6.07) is -3.53. The molecule has 1 saturated heterocycles. The quantitative estimate of drug-likeness (QED) is 0.190. The molecule has 4 aliphatic rings. The Morgan fingerprint density at radius 2 is 1.54 bits per heavy atom. The number of Topliss-reactive ketones (excluding diaryl/α,β-unsaturated/α-hetero) is 1. The molecule has 1 unspecified atom stereocenters. The molecule has 4 fully saturated rings. The van der Waals surface area contributed by atoms with E-state index >= 15 is 0 Å². The molecule has 13 heteroatoms. The molecule has 13 nitrogen and oxygen atoms in total. The van der Waals surface area contributed by atoms with E-state index in [1.165, 1.54) is 4.90 Å². The van der Waals surface area contributed by atoms with Gasteiger partial charge in [-0.05, 0) is 56.8 Å². The topological polar surface area (TPSA) is 189 Å². The summed E-state index contributed by atoms with van der Waals surface area (Å²) >= 11 is 0. The Morgan fingerprint density at radius 1 is 0.913 bits per heavy atom. The fraction of sp³-hybridized carbons (Fsp3) is 0.818. The van der Waals surface area contributed by atoms with E-state index in [1.54, 1.807) is 0 Å². The van der Waals surface area contributed by atoms with Crippen LogP contribution < -0.4 is 27.0 Å². The maximum atomic E-state index is 14.6. The van der Waals surface area contributed by atoms with Gasteiger partial charge in [-0.2, -0.15) is 0 Å². The molecular formula is C33H54N6O7. The first-order valence-corrected chi connectivity index (χ1v) is 17.4. The van der Waals surface area contributed by atoms with E-state index in [2.05, 4.69) is 28.2 Å². The third-order valence-electron chi connectivity index (χ3n) is 10.6. The second kappa shape index (κ2) is 15.5. The highest BCUT2D eigenvalue weighted by atomic mass is 16.6. The Balaban J connectivity index is 1.57. The van der Waals surface area contributed by atoms with Crippen LogP contribution in [0, 0.1) is 5.41 Å². The van der Waals surface area contributed by atoms with Crippen LogP contribution in [0.5, 0.6) is 0 Å². The summed E-state index contributed by atoms with van der Waals surface area (Å²) in [5.74, 6) is -2.55. The number of amides is 6. The Bertz CT molecular complexity index is 1150. The van der Waals surface area contributed by atoms with Gasteiger partial charge in [0.1, 0.15) is 18.2 Å². The average molecular weight is 647 g/mol. The Morgan fingerprint density at radius 3 is 2.11 bits per heavy atom. The van der Waals surface area contributed by atoms with Gasteiger partial charge in [0.25, 0.3) is 5.91 Å². The van der Waals surface area contributed by atoms with Crippen molar-refractivity contribution in [1.29, 1.82) is 0 Å². The van der Waals surface area contributed by atoms with Crippen molar-refractivity contribution in [3.8, 4) is 0 Å². The van der Waals surface area contributed by atoms with Crippen LogP contribution in [0.15, 0.2) is 0 Å². The largest absolute Gasteiger partial charge is 0.444 e. The zero-order valence-electron chi connectivity index (χ0n) is 27.8. The lowest BCUT2D eigenvalue weighted by molar-refractivity contribution is -0.144. The zero-order chi connectivity index (χ0) is 33.5. The van der Waals surface area contributed by atoms with Crippen LogP contribution in [0.4, 0.5) is 9.59 Å². The summed E-state index contributed by atoms with van der Waals surface area (Å²) in [5.41, 5.74) is 4.42. The van der Waals surface area contributed by atoms with Gasteiger partial charge in [-0.3, -0.25) is 19.2 Å². The first-order valence-electron chi connectivity index (χ1n) is 17.4. The van der Waals surface area contributed by atoms with E-state index < -0.39 is 65.3 Å². The molecule has 6 amide bonds. The van der Waals surface area contributed by atoms with Crippen LogP contribution >= 0.6 is 0 Å². The number of nitrogens with one attached hydrogen (secondary N) is 4. The van der Waals surface area contributed by atoms with Gasteiger partial charge in [0.2, 0.25) is 17.6 Å². The minimum absolute atomic E-state index is 0.0165. The Labute approximate surface area is 272 Å². The highest BCUT2D eigenvalue weighted by molar-refractivity contribution is 6.38. The van der Waals surface area contributed by atoms with Gasteiger partial charge < -0.3 is 36.6 Å². The van der Waals surface area contributed by atoms with E-state index in [9.17, 15) is 28.8 Å². The molecule has 4 rings (SSSR count). The van der Waals surface area contributed by atoms with Crippen molar-refractivity contribution in [2.24, 2.45) is 11.1 Å². The van der Waals surface area contributed by atoms with Crippen LogP contribution in [-0.4, -0.2) is 82.9 Å². The number of nitrogens with two attached hydrogens (primary N) is 1. The number of carbonyl (C=O) groups is 6. The van der Waals surface area contributed by atoms with Crippen molar-refractivity contribution in [3.63, 3.8) is 0 Å². The van der Waals surface area contributed by atoms with Crippen LogP contribution in [0.2, 0.25) is 0 Å². The lowest BCUT2D eigenvalue weighted by Crippen LogP contribution is -2.63. The molecule has 0 spiro atoms. The number of hydrogen-bond acceptors (Lipinski definition) is 7. The van der Waals surface area contributed by atoms with Crippen LogP contribution in [0.1, 0.15) is 124 Å².